The third-order valence-electron chi connectivity index (χ3n) is 3.94. The third kappa shape index (κ3) is 5.41. The van der Waals surface area contributed by atoms with E-state index in [4.69, 9.17) is 23.8 Å². The van der Waals surface area contributed by atoms with Gasteiger partial charge in [-0.3, -0.25) is 24.6 Å². The second-order valence-electron chi connectivity index (χ2n) is 5.99. The average molecular weight is 448 g/mol. The summed E-state index contributed by atoms with van der Waals surface area (Å²) in [6.07, 6.45) is 1.62. The van der Waals surface area contributed by atoms with E-state index in [1.165, 1.54) is 17.0 Å². The molecule has 1 aliphatic rings. The number of rotatable bonds is 6. The van der Waals surface area contributed by atoms with Gasteiger partial charge < -0.3 is 5.32 Å². The van der Waals surface area contributed by atoms with Crippen LogP contribution < -0.4 is 5.32 Å². The van der Waals surface area contributed by atoms with Crippen molar-refractivity contribution in [3.8, 4) is 0 Å². The Hall–Kier alpha value is -2.75. The normalized spacial score (nSPS) is 15.1. The number of benzene rings is 2. The molecule has 0 radical (unpaired) electrons. The van der Waals surface area contributed by atoms with Crippen LogP contribution in [-0.2, 0) is 9.59 Å². The Labute approximate surface area is 180 Å². The standard InChI is InChI=1S/C19H14ClN3O4S2/c20-13-4-6-14(7-5-13)21-17(24)8-9-22-18(25)16(29-19(22)28)11-12-2-1-3-15(10-12)23(26)27/h1-7,10-11H,8-9H2,(H,21,24)/b16-11-. The van der Waals surface area contributed by atoms with E-state index in [0.717, 1.165) is 11.8 Å². The van der Waals surface area contributed by atoms with Crippen LogP contribution in [0.3, 0.4) is 0 Å². The van der Waals surface area contributed by atoms with Crippen LogP contribution in [0.15, 0.2) is 53.4 Å². The molecule has 2 aromatic carbocycles. The Balaban J connectivity index is 1.63. The fourth-order valence-electron chi connectivity index (χ4n) is 2.54. The molecule has 1 heterocycles. The van der Waals surface area contributed by atoms with E-state index in [0.29, 0.717) is 25.5 Å². The number of hydrogen-bond acceptors (Lipinski definition) is 6. The van der Waals surface area contributed by atoms with Gasteiger partial charge in [-0.15, -0.1) is 0 Å². The SMILES string of the molecule is O=C(CCN1C(=O)/C(=C/c2cccc([N+](=O)[O-])c2)SC1=S)Nc1ccc(Cl)cc1. The van der Waals surface area contributed by atoms with Crippen LogP contribution in [0.25, 0.3) is 6.08 Å². The number of carbonyl (C=O) groups excluding carboxylic acids is 2. The van der Waals surface area contributed by atoms with Gasteiger partial charge in [0.25, 0.3) is 11.6 Å². The first-order valence-corrected chi connectivity index (χ1v) is 9.99. The van der Waals surface area contributed by atoms with Gasteiger partial charge >= 0.3 is 0 Å². The zero-order valence-corrected chi connectivity index (χ0v) is 17.2. The molecule has 148 valence electrons. The number of thioether (sulfide) groups is 1. The van der Waals surface area contributed by atoms with Gasteiger partial charge in [-0.2, -0.15) is 0 Å². The molecule has 7 nitrogen and oxygen atoms in total. The quantitative estimate of drug-likeness (QED) is 0.304. The monoisotopic (exact) mass is 447 g/mol. The van der Waals surface area contributed by atoms with Gasteiger partial charge in [0.2, 0.25) is 5.91 Å². The number of carbonyl (C=O) groups is 2. The molecule has 2 aromatic rings. The van der Waals surface area contributed by atoms with Crippen molar-refractivity contribution in [2.24, 2.45) is 0 Å². The number of non-ortho nitro benzene ring substituents is 1. The zero-order chi connectivity index (χ0) is 21.0. The highest BCUT2D eigenvalue weighted by atomic mass is 35.5. The predicted octanol–water partition coefficient (Wildman–Crippen LogP) is 4.48. The lowest BCUT2D eigenvalue weighted by Gasteiger charge is -2.14. The minimum atomic E-state index is -0.498. The molecule has 0 atom stereocenters. The summed E-state index contributed by atoms with van der Waals surface area (Å²) in [6, 6.07) is 12.7. The number of hydrogen-bond donors (Lipinski definition) is 1. The maximum Gasteiger partial charge on any atom is 0.270 e. The number of anilines is 1. The van der Waals surface area contributed by atoms with Crippen LogP contribution in [0.1, 0.15) is 12.0 Å². The van der Waals surface area contributed by atoms with E-state index in [-0.39, 0.29) is 30.5 Å². The van der Waals surface area contributed by atoms with E-state index in [1.807, 2.05) is 0 Å². The third-order valence-corrected chi connectivity index (χ3v) is 5.57. The Morgan fingerprint density at radius 2 is 2.00 bits per heavy atom. The second-order valence-corrected chi connectivity index (χ2v) is 8.10. The first kappa shape index (κ1) is 21.0. The van der Waals surface area contributed by atoms with Crippen LogP contribution in [-0.4, -0.2) is 32.5 Å². The van der Waals surface area contributed by atoms with E-state index < -0.39 is 4.92 Å². The highest BCUT2D eigenvalue weighted by Gasteiger charge is 2.32. The summed E-state index contributed by atoms with van der Waals surface area (Å²) in [5, 5.41) is 14.2. The van der Waals surface area contributed by atoms with E-state index >= 15 is 0 Å². The van der Waals surface area contributed by atoms with Gasteiger partial charge in [0.05, 0.1) is 9.83 Å². The Bertz CT molecular complexity index is 1020. The fraction of sp³-hybridized carbons (Fsp3) is 0.105. The first-order valence-electron chi connectivity index (χ1n) is 8.39. The highest BCUT2D eigenvalue weighted by Crippen LogP contribution is 2.33. The molecule has 29 heavy (non-hydrogen) atoms. The van der Waals surface area contributed by atoms with Crippen molar-refractivity contribution in [3.63, 3.8) is 0 Å². The molecule has 0 spiro atoms. The first-order chi connectivity index (χ1) is 13.8. The Kier molecular flexibility index (Phi) is 6.63. The summed E-state index contributed by atoms with van der Waals surface area (Å²) >= 11 is 12.2. The lowest BCUT2D eigenvalue weighted by atomic mass is 10.2. The molecular formula is C19H14ClN3O4S2. The number of nitrogens with zero attached hydrogens (tertiary/aromatic N) is 2. The van der Waals surface area contributed by atoms with Gasteiger partial charge in [-0.25, -0.2) is 0 Å². The average Bonchev–Trinajstić information content (AvgIpc) is 2.95. The van der Waals surface area contributed by atoms with Crippen molar-refractivity contribution in [2.45, 2.75) is 6.42 Å². The van der Waals surface area contributed by atoms with Crippen LogP contribution in [0.2, 0.25) is 5.02 Å². The number of nitro benzene ring substituents is 1. The van der Waals surface area contributed by atoms with Gasteiger partial charge in [-0.1, -0.05) is 47.7 Å². The van der Waals surface area contributed by atoms with Crippen LogP contribution in [0.5, 0.6) is 0 Å². The van der Waals surface area contributed by atoms with Gasteiger partial charge in [-0.05, 0) is 35.9 Å². The number of amides is 2. The summed E-state index contributed by atoms with van der Waals surface area (Å²) in [6.45, 7) is 0.135. The molecule has 3 rings (SSSR count). The smallest absolute Gasteiger partial charge is 0.270 e. The van der Waals surface area contributed by atoms with Crippen molar-refractivity contribution in [3.05, 3.63) is 74.1 Å². The van der Waals surface area contributed by atoms with Gasteiger partial charge in [0, 0.05) is 35.8 Å². The molecule has 0 bridgehead atoms. The number of nitro groups is 1. The molecule has 1 aliphatic heterocycles. The molecule has 0 aliphatic carbocycles. The summed E-state index contributed by atoms with van der Waals surface area (Å²) < 4.78 is 0.339. The maximum atomic E-state index is 12.6. The summed E-state index contributed by atoms with van der Waals surface area (Å²) in [4.78, 5) is 36.9. The topological polar surface area (TPSA) is 92.5 Å². The summed E-state index contributed by atoms with van der Waals surface area (Å²) in [5.74, 6) is -0.588. The van der Waals surface area contributed by atoms with E-state index in [1.54, 1.807) is 42.5 Å². The molecule has 0 saturated carbocycles. The van der Waals surface area contributed by atoms with Gasteiger partial charge in [0.1, 0.15) is 4.32 Å². The molecule has 1 saturated heterocycles. The molecule has 0 unspecified atom stereocenters. The van der Waals surface area contributed by atoms with Crippen molar-refractivity contribution in [1.82, 2.24) is 4.90 Å². The van der Waals surface area contributed by atoms with Crippen molar-refractivity contribution < 1.29 is 14.5 Å². The Morgan fingerprint density at radius 3 is 2.69 bits per heavy atom. The lowest BCUT2D eigenvalue weighted by molar-refractivity contribution is -0.384. The zero-order valence-electron chi connectivity index (χ0n) is 14.8. The fourth-order valence-corrected chi connectivity index (χ4v) is 3.98. The maximum absolute atomic E-state index is 12.6. The molecular weight excluding hydrogens is 434 g/mol. The largest absolute Gasteiger partial charge is 0.326 e. The van der Waals surface area contributed by atoms with Crippen LogP contribution in [0, 0.1) is 10.1 Å². The van der Waals surface area contributed by atoms with E-state index in [9.17, 15) is 19.7 Å². The molecule has 0 aromatic heterocycles. The number of nitrogens with one attached hydrogen (secondary N) is 1. The lowest BCUT2D eigenvalue weighted by Crippen LogP contribution is -2.31. The van der Waals surface area contributed by atoms with Crippen LogP contribution in [0.4, 0.5) is 11.4 Å². The molecule has 1 N–H and O–H groups in total. The Morgan fingerprint density at radius 1 is 1.28 bits per heavy atom. The number of halogens is 1. The predicted molar refractivity (Wildman–Crippen MR) is 118 cm³/mol. The highest BCUT2D eigenvalue weighted by molar-refractivity contribution is 8.26. The minimum Gasteiger partial charge on any atom is -0.326 e. The second kappa shape index (κ2) is 9.17. The summed E-state index contributed by atoms with van der Waals surface area (Å²) in [5.41, 5.74) is 1.07. The number of thiocarbonyl (C=S) groups is 1. The molecule has 2 amide bonds. The molecule has 1 fully saturated rings. The minimum absolute atomic E-state index is 0.0619. The molecule has 10 heteroatoms. The van der Waals surface area contributed by atoms with Crippen molar-refractivity contribution >= 4 is 69.2 Å². The van der Waals surface area contributed by atoms with Crippen molar-refractivity contribution in [1.29, 1.82) is 0 Å². The van der Waals surface area contributed by atoms with Crippen molar-refractivity contribution in [2.75, 3.05) is 11.9 Å². The van der Waals surface area contributed by atoms with E-state index in [2.05, 4.69) is 5.32 Å². The summed E-state index contributed by atoms with van der Waals surface area (Å²) in [7, 11) is 0. The van der Waals surface area contributed by atoms with Gasteiger partial charge in [0.15, 0.2) is 0 Å². The van der Waals surface area contributed by atoms with Crippen LogP contribution >= 0.6 is 35.6 Å².